The van der Waals surface area contributed by atoms with E-state index in [4.69, 9.17) is 9.47 Å². The summed E-state index contributed by atoms with van der Waals surface area (Å²) in [6.07, 6.45) is 1.81. The summed E-state index contributed by atoms with van der Waals surface area (Å²) in [7, 11) is 0. The largest absolute Gasteiger partial charge is 0.462 e. The van der Waals surface area contributed by atoms with Crippen molar-refractivity contribution in [2.24, 2.45) is 23.7 Å². The van der Waals surface area contributed by atoms with Crippen molar-refractivity contribution in [3.05, 3.63) is 54.1 Å². The van der Waals surface area contributed by atoms with Gasteiger partial charge in [0.05, 0.1) is 11.8 Å². The molecule has 0 radical (unpaired) electrons. The highest BCUT2D eigenvalue weighted by Crippen LogP contribution is 2.57. The maximum absolute atomic E-state index is 12.8. The van der Waals surface area contributed by atoms with Crippen LogP contribution in [0.4, 0.5) is 5.69 Å². The Balaban J connectivity index is 1.27. The van der Waals surface area contributed by atoms with Crippen molar-refractivity contribution < 1.29 is 19.1 Å². The Morgan fingerprint density at radius 3 is 2.67 bits per heavy atom. The van der Waals surface area contributed by atoms with Gasteiger partial charge in [-0.1, -0.05) is 18.2 Å². The standard InChI is InChI=1S/C22H21NO4/c1-12-4-2-3-5-17(12)26-15-8-6-14(7-9-15)23-21(24)19-13-10-16-18(11-13)27-22(25)20(16)19/h2-9,13,16,18-20H,10-11H2,1H3,(H,23,24)/t13-,16+,18-,19-,20-/m1/s1. The fraction of sp³-hybridized carbons (Fsp3) is 0.364. The van der Waals surface area contributed by atoms with E-state index in [2.05, 4.69) is 5.32 Å². The summed E-state index contributed by atoms with van der Waals surface area (Å²) >= 11 is 0. The third-order valence-corrected chi connectivity index (χ3v) is 6.23. The second-order valence-corrected chi connectivity index (χ2v) is 7.80. The summed E-state index contributed by atoms with van der Waals surface area (Å²) in [4.78, 5) is 24.9. The molecule has 2 aliphatic carbocycles. The number of carbonyl (C=O) groups is 2. The van der Waals surface area contributed by atoms with Crippen LogP contribution in [0.2, 0.25) is 0 Å². The molecule has 3 fully saturated rings. The average molecular weight is 363 g/mol. The molecule has 5 atom stereocenters. The van der Waals surface area contributed by atoms with E-state index in [1.54, 1.807) is 0 Å². The molecule has 1 aliphatic heterocycles. The number of rotatable bonds is 4. The number of hydrogen-bond donors (Lipinski definition) is 1. The molecule has 1 N–H and O–H groups in total. The van der Waals surface area contributed by atoms with E-state index in [0.29, 0.717) is 11.4 Å². The number of ether oxygens (including phenoxy) is 2. The van der Waals surface area contributed by atoms with Gasteiger partial charge in [-0.2, -0.15) is 0 Å². The van der Waals surface area contributed by atoms with Crippen LogP contribution in [-0.2, 0) is 14.3 Å². The Kier molecular flexibility index (Phi) is 3.71. The minimum atomic E-state index is -0.260. The lowest BCUT2D eigenvalue weighted by atomic mass is 9.79. The summed E-state index contributed by atoms with van der Waals surface area (Å²) < 4.78 is 11.3. The second kappa shape index (κ2) is 6.12. The molecule has 0 aromatic heterocycles. The molecule has 138 valence electrons. The van der Waals surface area contributed by atoms with Gasteiger partial charge >= 0.3 is 5.97 Å². The zero-order chi connectivity index (χ0) is 18.5. The van der Waals surface area contributed by atoms with E-state index >= 15 is 0 Å². The Morgan fingerprint density at radius 1 is 1.11 bits per heavy atom. The van der Waals surface area contributed by atoms with Crippen molar-refractivity contribution in [2.75, 3.05) is 5.32 Å². The lowest BCUT2D eigenvalue weighted by Gasteiger charge is -2.23. The van der Waals surface area contributed by atoms with E-state index in [1.807, 2.05) is 55.5 Å². The predicted octanol–water partition coefficient (Wildman–Crippen LogP) is 3.92. The van der Waals surface area contributed by atoms with E-state index in [-0.39, 0.29) is 41.7 Å². The zero-order valence-electron chi connectivity index (χ0n) is 15.1. The molecule has 1 heterocycles. The maximum atomic E-state index is 12.8. The number of esters is 1. The first kappa shape index (κ1) is 16.4. The highest BCUT2D eigenvalue weighted by atomic mass is 16.6. The number of aryl methyl sites for hydroxylation is 1. The van der Waals surface area contributed by atoms with Crippen LogP contribution in [0, 0.1) is 30.6 Å². The van der Waals surface area contributed by atoms with Gasteiger partial charge in [0, 0.05) is 11.6 Å². The monoisotopic (exact) mass is 363 g/mol. The molecule has 1 saturated heterocycles. The van der Waals surface area contributed by atoms with Gasteiger partial charge in [0.2, 0.25) is 5.91 Å². The number of para-hydroxylation sites is 1. The van der Waals surface area contributed by atoms with Gasteiger partial charge in [0.25, 0.3) is 0 Å². The van der Waals surface area contributed by atoms with Gasteiger partial charge in [-0.25, -0.2) is 0 Å². The minimum absolute atomic E-state index is 0.0504. The van der Waals surface area contributed by atoms with Crippen molar-refractivity contribution in [2.45, 2.75) is 25.9 Å². The molecule has 5 rings (SSSR count). The fourth-order valence-corrected chi connectivity index (χ4v) is 4.99. The molecule has 2 bridgehead atoms. The van der Waals surface area contributed by atoms with Crippen LogP contribution in [0.1, 0.15) is 18.4 Å². The Hall–Kier alpha value is -2.82. The smallest absolute Gasteiger partial charge is 0.310 e. The first-order valence-electron chi connectivity index (χ1n) is 9.45. The van der Waals surface area contributed by atoms with Crippen molar-refractivity contribution >= 4 is 17.6 Å². The minimum Gasteiger partial charge on any atom is -0.462 e. The lowest BCUT2D eigenvalue weighted by molar-refractivity contribution is -0.145. The van der Waals surface area contributed by atoms with Crippen LogP contribution < -0.4 is 10.1 Å². The van der Waals surface area contributed by atoms with E-state index in [0.717, 1.165) is 24.2 Å². The normalized spacial score (nSPS) is 30.3. The number of fused-ring (bicyclic) bond motifs is 1. The molecule has 2 aromatic carbocycles. The molecule has 0 unspecified atom stereocenters. The summed E-state index contributed by atoms with van der Waals surface area (Å²) in [5.41, 5.74) is 1.77. The molecular weight excluding hydrogens is 342 g/mol. The van der Waals surface area contributed by atoms with Crippen molar-refractivity contribution in [3.63, 3.8) is 0 Å². The summed E-state index contributed by atoms with van der Waals surface area (Å²) in [5.74, 6) is 1.25. The van der Waals surface area contributed by atoms with Gasteiger partial charge < -0.3 is 14.8 Å². The quantitative estimate of drug-likeness (QED) is 0.836. The number of nitrogens with one attached hydrogen (secondary N) is 1. The summed E-state index contributed by atoms with van der Waals surface area (Å²) in [6, 6.07) is 15.2. The third kappa shape index (κ3) is 2.69. The second-order valence-electron chi connectivity index (χ2n) is 7.80. The van der Waals surface area contributed by atoms with Crippen LogP contribution in [-0.4, -0.2) is 18.0 Å². The van der Waals surface area contributed by atoms with Crippen LogP contribution >= 0.6 is 0 Å². The Bertz CT molecular complexity index is 905. The molecule has 2 saturated carbocycles. The summed E-state index contributed by atoms with van der Waals surface area (Å²) in [5, 5.41) is 2.97. The van der Waals surface area contributed by atoms with E-state index < -0.39 is 0 Å². The highest BCUT2D eigenvalue weighted by molar-refractivity contribution is 5.97. The van der Waals surface area contributed by atoms with Crippen molar-refractivity contribution in [3.8, 4) is 11.5 Å². The number of anilines is 1. The number of amides is 1. The number of carbonyl (C=O) groups excluding carboxylic acids is 2. The molecule has 5 heteroatoms. The Labute approximate surface area is 157 Å². The van der Waals surface area contributed by atoms with Gasteiger partial charge in [-0.15, -0.1) is 0 Å². The zero-order valence-corrected chi connectivity index (χ0v) is 15.1. The summed E-state index contributed by atoms with van der Waals surface area (Å²) in [6.45, 7) is 2.00. The first-order chi connectivity index (χ1) is 13.1. The Morgan fingerprint density at radius 2 is 1.89 bits per heavy atom. The molecular formula is C22H21NO4. The third-order valence-electron chi connectivity index (χ3n) is 6.23. The molecule has 1 amide bonds. The van der Waals surface area contributed by atoms with Crippen LogP contribution in [0.25, 0.3) is 0 Å². The molecule has 27 heavy (non-hydrogen) atoms. The maximum Gasteiger partial charge on any atom is 0.310 e. The molecule has 5 nitrogen and oxygen atoms in total. The van der Waals surface area contributed by atoms with Gasteiger partial charge in [-0.3, -0.25) is 9.59 Å². The van der Waals surface area contributed by atoms with Gasteiger partial charge in [0.15, 0.2) is 0 Å². The number of benzene rings is 2. The van der Waals surface area contributed by atoms with Crippen LogP contribution in [0.3, 0.4) is 0 Å². The van der Waals surface area contributed by atoms with E-state index in [9.17, 15) is 9.59 Å². The first-order valence-corrected chi connectivity index (χ1v) is 9.45. The lowest BCUT2D eigenvalue weighted by Crippen LogP contribution is -2.35. The molecule has 0 spiro atoms. The topological polar surface area (TPSA) is 64.6 Å². The average Bonchev–Trinajstić information content (AvgIpc) is 3.27. The predicted molar refractivity (Wildman–Crippen MR) is 99.4 cm³/mol. The van der Waals surface area contributed by atoms with Crippen LogP contribution in [0.5, 0.6) is 11.5 Å². The molecule has 3 aliphatic rings. The number of hydrogen-bond acceptors (Lipinski definition) is 4. The van der Waals surface area contributed by atoms with Gasteiger partial charge in [0.1, 0.15) is 17.6 Å². The fourth-order valence-electron chi connectivity index (χ4n) is 4.99. The van der Waals surface area contributed by atoms with Gasteiger partial charge in [-0.05, 0) is 61.6 Å². The molecule has 2 aromatic rings. The van der Waals surface area contributed by atoms with Crippen LogP contribution in [0.15, 0.2) is 48.5 Å². The van der Waals surface area contributed by atoms with Crippen molar-refractivity contribution in [1.29, 1.82) is 0 Å². The van der Waals surface area contributed by atoms with Crippen molar-refractivity contribution in [1.82, 2.24) is 0 Å². The van der Waals surface area contributed by atoms with E-state index in [1.165, 1.54) is 0 Å². The SMILES string of the molecule is Cc1ccccc1Oc1ccc(NC(=O)[C@@H]2[C@@H]3C[C@@H]4[C@H]2C(=O)O[C@@H]4C3)cc1. The highest BCUT2D eigenvalue weighted by Gasteiger charge is 2.63.